The zero-order valence-electron chi connectivity index (χ0n) is 10.6. The van der Waals surface area contributed by atoms with Crippen molar-refractivity contribution in [2.24, 2.45) is 0 Å². The fourth-order valence-electron chi connectivity index (χ4n) is 2.34. The molecule has 2 N–H and O–H groups in total. The number of aromatic nitrogens is 2. The molecule has 1 aromatic rings. The zero-order valence-corrected chi connectivity index (χ0v) is 11.3. The summed E-state index contributed by atoms with van der Waals surface area (Å²) < 4.78 is 0. The van der Waals surface area contributed by atoms with Gasteiger partial charge in [0.05, 0.1) is 11.9 Å². The Balaban J connectivity index is 2.12. The molecular formula is C12H19ClN4O. The lowest BCUT2D eigenvalue weighted by molar-refractivity contribution is 0.400. The molecule has 1 saturated heterocycles. The molecule has 6 heteroatoms. The second-order valence-electron chi connectivity index (χ2n) is 4.58. The van der Waals surface area contributed by atoms with Crippen LogP contribution in [-0.2, 0) is 0 Å². The van der Waals surface area contributed by atoms with Gasteiger partial charge in [-0.3, -0.25) is 4.79 Å². The fraction of sp³-hybridized carbons (Fsp3) is 0.667. The van der Waals surface area contributed by atoms with Crippen molar-refractivity contribution in [3.05, 3.63) is 21.6 Å². The van der Waals surface area contributed by atoms with Gasteiger partial charge in [-0.2, -0.15) is 5.10 Å². The van der Waals surface area contributed by atoms with Crippen molar-refractivity contribution in [1.82, 2.24) is 15.5 Å². The molecule has 1 aliphatic rings. The molecule has 1 unspecified atom stereocenters. The van der Waals surface area contributed by atoms with Gasteiger partial charge in [-0.1, -0.05) is 18.0 Å². The van der Waals surface area contributed by atoms with E-state index in [9.17, 15) is 4.79 Å². The van der Waals surface area contributed by atoms with E-state index < -0.39 is 0 Å². The van der Waals surface area contributed by atoms with Crippen LogP contribution in [0.4, 0.5) is 5.69 Å². The molecule has 2 rings (SSSR count). The number of piperidine rings is 1. The molecule has 1 aliphatic heterocycles. The van der Waals surface area contributed by atoms with Crippen LogP contribution in [0.2, 0.25) is 5.02 Å². The maximum Gasteiger partial charge on any atom is 0.285 e. The highest BCUT2D eigenvalue weighted by Gasteiger charge is 2.18. The topological polar surface area (TPSA) is 61.0 Å². The quantitative estimate of drug-likeness (QED) is 0.868. The van der Waals surface area contributed by atoms with Crippen molar-refractivity contribution < 1.29 is 0 Å². The molecule has 1 aromatic heterocycles. The maximum atomic E-state index is 11.5. The summed E-state index contributed by atoms with van der Waals surface area (Å²) in [6.07, 6.45) is 5.30. The molecule has 0 amide bonds. The molecule has 0 aliphatic carbocycles. The molecule has 0 saturated carbocycles. The second kappa shape index (κ2) is 6.20. The first kappa shape index (κ1) is 13.4. The number of rotatable bonds is 4. The monoisotopic (exact) mass is 270 g/mol. The van der Waals surface area contributed by atoms with Crippen molar-refractivity contribution in [1.29, 1.82) is 0 Å². The van der Waals surface area contributed by atoms with Gasteiger partial charge in [0.1, 0.15) is 5.02 Å². The fourth-order valence-corrected chi connectivity index (χ4v) is 2.55. The summed E-state index contributed by atoms with van der Waals surface area (Å²) in [4.78, 5) is 13.6. The number of nitrogens with zero attached hydrogens (tertiary/aromatic N) is 2. The van der Waals surface area contributed by atoms with Crippen LogP contribution in [-0.4, -0.2) is 35.9 Å². The molecule has 1 atom stereocenters. The molecule has 0 radical (unpaired) electrons. The van der Waals surface area contributed by atoms with Crippen LogP contribution < -0.4 is 15.8 Å². The third kappa shape index (κ3) is 3.03. The van der Waals surface area contributed by atoms with Crippen molar-refractivity contribution >= 4 is 17.3 Å². The number of aromatic amines is 1. The summed E-state index contributed by atoms with van der Waals surface area (Å²) in [6, 6.07) is 0.467. The highest BCUT2D eigenvalue weighted by atomic mass is 35.5. The maximum absolute atomic E-state index is 11.5. The van der Waals surface area contributed by atoms with Crippen LogP contribution in [0.15, 0.2) is 11.0 Å². The van der Waals surface area contributed by atoms with E-state index in [0.717, 1.165) is 25.3 Å². The average molecular weight is 271 g/mol. The van der Waals surface area contributed by atoms with E-state index in [1.807, 2.05) is 0 Å². The Kier molecular flexibility index (Phi) is 4.60. The number of hydrogen-bond acceptors (Lipinski definition) is 4. The second-order valence-corrected chi connectivity index (χ2v) is 4.96. The lowest BCUT2D eigenvalue weighted by Gasteiger charge is -2.31. The van der Waals surface area contributed by atoms with Gasteiger partial charge in [-0.25, -0.2) is 5.10 Å². The average Bonchev–Trinajstić information content (AvgIpc) is 2.41. The Morgan fingerprint density at radius 3 is 3.06 bits per heavy atom. The van der Waals surface area contributed by atoms with E-state index in [4.69, 9.17) is 11.6 Å². The lowest BCUT2D eigenvalue weighted by Crippen LogP contribution is -2.44. The first-order valence-corrected chi connectivity index (χ1v) is 6.81. The predicted molar refractivity (Wildman–Crippen MR) is 73.4 cm³/mol. The first-order valence-electron chi connectivity index (χ1n) is 6.44. The number of halogens is 1. The highest BCUT2D eigenvalue weighted by Crippen LogP contribution is 2.21. The standard InChI is InChI=1S/C12H19ClN4O/c1-2-17(8-9-5-3-4-6-14-9)10-7-15-16-12(18)11(10)13/h7,9,14H,2-6,8H2,1H3,(H,16,18). The summed E-state index contributed by atoms with van der Waals surface area (Å²) >= 11 is 6.04. The Bertz CT molecular complexity index is 442. The zero-order chi connectivity index (χ0) is 13.0. The Hall–Kier alpha value is -1.07. The molecule has 18 heavy (non-hydrogen) atoms. The van der Waals surface area contributed by atoms with Crippen LogP contribution >= 0.6 is 11.6 Å². The number of nitrogens with one attached hydrogen (secondary N) is 2. The first-order chi connectivity index (χ1) is 8.72. The molecule has 100 valence electrons. The number of H-pyrrole nitrogens is 1. The SMILES string of the molecule is CCN(CC1CCCCN1)c1cn[nH]c(=O)c1Cl. The molecule has 1 fully saturated rings. The smallest absolute Gasteiger partial charge is 0.285 e. The summed E-state index contributed by atoms with van der Waals surface area (Å²) in [5, 5.41) is 9.89. The summed E-state index contributed by atoms with van der Waals surface area (Å²) in [6.45, 7) is 4.80. The lowest BCUT2D eigenvalue weighted by atomic mass is 10.0. The minimum Gasteiger partial charge on any atom is -0.368 e. The Labute approximate surface area is 112 Å². The van der Waals surface area contributed by atoms with Gasteiger partial charge in [0.15, 0.2) is 0 Å². The third-order valence-corrected chi connectivity index (χ3v) is 3.72. The summed E-state index contributed by atoms with van der Waals surface area (Å²) in [5.74, 6) is 0. The number of anilines is 1. The summed E-state index contributed by atoms with van der Waals surface area (Å²) in [5.41, 5.74) is 0.388. The number of likely N-dealkylation sites (N-methyl/N-ethyl adjacent to an activating group) is 1. The van der Waals surface area contributed by atoms with E-state index in [1.54, 1.807) is 6.20 Å². The third-order valence-electron chi connectivity index (χ3n) is 3.35. The molecule has 0 spiro atoms. The highest BCUT2D eigenvalue weighted by molar-refractivity contribution is 6.32. The van der Waals surface area contributed by atoms with Gasteiger partial charge in [0.2, 0.25) is 0 Å². The largest absolute Gasteiger partial charge is 0.368 e. The van der Waals surface area contributed by atoms with Gasteiger partial charge in [-0.15, -0.1) is 0 Å². The minimum absolute atomic E-state index is 0.225. The van der Waals surface area contributed by atoms with Crippen molar-refractivity contribution in [3.8, 4) is 0 Å². The Morgan fingerprint density at radius 1 is 1.56 bits per heavy atom. The molecular weight excluding hydrogens is 252 g/mol. The van der Waals surface area contributed by atoms with E-state index in [0.29, 0.717) is 6.04 Å². The van der Waals surface area contributed by atoms with Crippen molar-refractivity contribution in [2.45, 2.75) is 32.2 Å². The van der Waals surface area contributed by atoms with Crippen LogP contribution in [0.25, 0.3) is 0 Å². The normalized spacial score (nSPS) is 19.8. The van der Waals surface area contributed by atoms with Gasteiger partial charge in [-0.05, 0) is 26.3 Å². The van der Waals surface area contributed by atoms with Crippen molar-refractivity contribution in [2.75, 3.05) is 24.5 Å². The molecule has 5 nitrogen and oxygen atoms in total. The minimum atomic E-state index is -0.329. The molecule has 0 bridgehead atoms. The molecule has 0 aromatic carbocycles. The van der Waals surface area contributed by atoms with Crippen LogP contribution in [0.5, 0.6) is 0 Å². The van der Waals surface area contributed by atoms with Gasteiger partial charge in [0.25, 0.3) is 5.56 Å². The van der Waals surface area contributed by atoms with Crippen LogP contribution in [0, 0.1) is 0 Å². The van der Waals surface area contributed by atoms with E-state index in [-0.39, 0.29) is 10.6 Å². The molecule has 2 heterocycles. The van der Waals surface area contributed by atoms with Gasteiger partial charge in [0, 0.05) is 19.1 Å². The van der Waals surface area contributed by atoms with E-state index >= 15 is 0 Å². The predicted octanol–water partition coefficient (Wildman–Crippen LogP) is 1.39. The summed E-state index contributed by atoms with van der Waals surface area (Å²) in [7, 11) is 0. The Morgan fingerprint density at radius 2 is 2.39 bits per heavy atom. The van der Waals surface area contributed by atoms with Crippen molar-refractivity contribution in [3.63, 3.8) is 0 Å². The van der Waals surface area contributed by atoms with Crippen LogP contribution in [0.1, 0.15) is 26.2 Å². The van der Waals surface area contributed by atoms with Crippen LogP contribution in [0.3, 0.4) is 0 Å². The van der Waals surface area contributed by atoms with E-state index in [1.165, 1.54) is 19.3 Å². The van der Waals surface area contributed by atoms with E-state index in [2.05, 4.69) is 27.3 Å². The number of hydrogen-bond donors (Lipinski definition) is 2. The van der Waals surface area contributed by atoms with Gasteiger partial charge < -0.3 is 10.2 Å². The van der Waals surface area contributed by atoms with Gasteiger partial charge >= 0.3 is 0 Å².